The van der Waals surface area contributed by atoms with E-state index in [0.717, 1.165) is 10.1 Å². The number of hydrogen-bond acceptors (Lipinski definition) is 4. The number of carbonyl (C=O) groups is 3. The van der Waals surface area contributed by atoms with Gasteiger partial charge in [-0.15, -0.1) is 11.3 Å². The monoisotopic (exact) mass is 348 g/mol. The molecule has 0 fully saturated rings. The van der Waals surface area contributed by atoms with E-state index < -0.39 is 18.2 Å². The average Bonchev–Trinajstić information content (AvgIpc) is 2.90. The molecule has 23 heavy (non-hydrogen) atoms. The zero-order chi connectivity index (χ0) is 17.6. The molecule has 0 saturated heterocycles. The van der Waals surface area contributed by atoms with Gasteiger partial charge in [0.25, 0.3) is 5.91 Å². The van der Waals surface area contributed by atoms with Gasteiger partial charge in [-0.1, -0.05) is 18.2 Å². The number of fused-ring (bicyclic) bond motifs is 1. The van der Waals surface area contributed by atoms with Crippen molar-refractivity contribution < 1.29 is 32.7 Å². The van der Waals surface area contributed by atoms with E-state index >= 15 is 0 Å². The fraction of sp³-hybridized carbons (Fsp3) is 0.154. The molecule has 1 heterocycles. The second-order valence-electron chi connectivity index (χ2n) is 3.98. The summed E-state index contributed by atoms with van der Waals surface area (Å²) < 4.78 is 32.8. The maximum Gasteiger partial charge on any atom is 0.490 e. The van der Waals surface area contributed by atoms with Crippen molar-refractivity contribution in [3.63, 3.8) is 0 Å². The number of alkyl halides is 3. The zero-order valence-electron chi connectivity index (χ0n) is 11.6. The van der Waals surface area contributed by atoms with Gasteiger partial charge in [0.15, 0.2) is 0 Å². The van der Waals surface area contributed by atoms with E-state index in [4.69, 9.17) is 9.90 Å². The molecule has 2 rings (SSSR count). The number of imide groups is 1. The molecule has 0 saturated carbocycles. The highest BCUT2D eigenvalue weighted by Crippen LogP contribution is 2.24. The maximum absolute atomic E-state index is 11.6. The predicted molar refractivity (Wildman–Crippen MR) is 77.4 cm³/mol. The van der Waals surface area contributed by atoms with Gasteiger partial charge in [0, 0.05) is 11.7 Å². The molecule has 3 N–H and O–H groups in total. The van der Waals surface area contributed by atoms with E-state index in [1.807, 2.05) is 24.3 Å². The topological polar surface area (TPSA) is 95.5 Å². The molecule has 0 aliphatic carbocycles. The fourth-order valence-electron chi connectivity index (χ4n) is 1.32. The second-order valence-corrected chi connectivity index (χ2v) is 5.07. The molecule has 1 aromatic carbocycles. The van der Waals surface area contributed by atoms with Crippen molar-refractivity contribution in [1.29, 1.82) is 0 Å². The second kappa shape index (κ2) is 7.58. The number of urea groups is 1. The molecule has 124 valence electrons. The summed E-state index contributed by atoms with van der Waals surface area (Å²) >= 11 is 1.37. The van der Waals surface area contributed by atoms with Crippen LogP contribution in [0.2, 0.25) is 0 Å². The normalized spacial score (nSPS) is 10.4. The Morgan fingerprint density at radius 1 is 1.17 bits per heavy atom. The summed E-state index contributed by atoms with van der Waals surface area (Å²) in [6, 6.07) is 8.98. The number of carbonyl (C=O) groups excluding carboxylic acids is 2. The number of thiophene rings is 1. The van der Waals surface area contributed by atoms with Crippen LogP contribution in [0.3, 0.4) is 0 Å². The molecule has 0 unspecified atom stereocenters. The molecule has 0 radical (unpaired) electrons. The lowest BCUT2D eigenvalue weighted by Crippen LogP contribution is -2.36. The molecule has 0 aliphatic heterocycles. The summed E-state index contributed by atoms with van der Waals surface area (Å²) in [5.41, 5.74) is 0. The lowest BCUT2D eigenvalue weighted by Gasteiger charge is -1.99. The predicted octanol–water partition coefficient (Wildman–Crippen LogP) is 2.60. The molecule has 0 bridgehead atoms. The lowest BCUT2D eigenvalue weighted by atomic mass is 10.2. The molecule has 0 aliphatic rings. The van der Waals surface area contributed by atoms with Gasteiger partial charge in [0.2, 0.25) is 0 Å². The van der Waals surface area contributed by atoms with Crippen LogP contribution in [-0.4, -0.2) is 36.2 Å². The minimum absolute atomic E-state index is 0.374. The van der Waals surface area contributed by atoms with Crippen LogP contribution < -0.4 is 10.6 Å². The molecule has 0 atom stereocenters. The Morgan fingerprint density at radius 2 is 1.74 bits per heavy atom. The molecule has 0 spiro atoms. The molecule has 1 aromatic heterocycles. The van der Waals surface area contributed by atoms with Crippen molar-refractivity contribution >= 4 is 39.3 Å². The van der Waals surface area contributed by atoms with Crippen LogP contribution in [0.4, 0.5) is 18.0 Å². The van der Waals surface area contributed by atoms with Crippen LogP contribution in [0.25, 0.3) is 10.1 Å². The van der Waals surface area contributed by atoms with Crippen molar-refractivity contribution in [2.75, 3.05) is 7.05 Å². The van der Waals surface area contributed by atoms with Crippen LogP contribution in [0.5, 0.6) is 0 Å². The molecular weight excluding hydrogens is 337 g/mol. The summed E-state index contributed by atoms with van der Waals surface area (Å²) in [5.74, 6) is -3.13. The van der Waals surface area contributed by atoms with E-state index in [0.29, 0.717) is 4.88 Å². The van der Waals surface area contributed by atoms with E-state index in [1.165, 1.54) is 18.4 Å². The highest BCUT2D eigenvalue weighted by molar-refractivity contribution is 7.20. The summed E-state index contributed by atoms with van der Waals surface area (Å²) in [6.07, 6.45) is -5.08. The third-order valence-corrected chi connectivity index (χ3v) is 3.46. The number of benzene rings is 1. The van der Waals surface area contributed by atoms with Gasteiger partial charge < -0.3 is 10.4 Å². The van der Waals surface area contributed by atoms with Crippen molar-refractivity contribution in [3.8, 4) is 0 Å². The molecule has 6 nitrogen and oxygen atoms in total. The van der Waals surface area contributed by atoms with Gasteiger partial charge in [-0.3, -0.25) is 10.1 Å². The quantitative estimate of drug-likeness (QED) is 0.738. The number of carboxylic acid groups (broad SMARTS) is 1. The van der Waals surface area contributed by atoms with Gasteiger partial charge in [-0.25, -0.2) is 9.59 Å². The first-order chi connectivity index (χ1) is 10.6. The van der Waals surface area contributed by atoms with Gasteiger partial charge in [0.1, 0.15) is 0 Å². The largest absolute Gasteiger partial charge is 0.490 e. The van der Waals surface area contributed by atoms with Crippen molar-refractivity contribution in [2.45, 2.75) is 6.18 Å². The van der Waals surface area contributed by atoms with Crippen molar-refractivity contribution in [1.82, 2.24) is 10.6 Å². The summed E-state index contributed by atoms with van der Waals surface area (Å²) in [5, 5.41) is 12.7. The Labute approximate surface area is 131 Å². The number of nitrogens with one attached hydrogen (secondary N) is 2. The highest BCUT2D eigenvalue weighted by Gasteiger charge is 2.38. The summed E-state index contributed by atoms with van der Waals surface area (Å²) in [4.78, 5) is 32.0. The summed E-state index contributed by atoms with van der Waals surface area (Å²) in [6.45, 7) is 0. The van der Waals surface area contributed by atoms with Crippen molar-refractivity contribution in [3.05, 3.63) is 35.2 Å². The minimum Gasteiger partial charge on any atom is -0.475 e. The molecular formula is C13H11F3N2O4S. The molecule has 10 heteroatoms. The maximum atomic E-state index is 11.6. The van der Waals surface area contributed by atoms with Crippen LogP contribution >= 0.6 is 11.3 Å². The standard InChI is InChI=1S/C11H10N2O2S.C2HF3O2/c1-12-11(15)13-10(14)9-6-7-4-2-3-5-8(7)16-9;3-2(4,5)1(6)7/h2-6H,1H3,(H2,12,13,14,15);(H,6,7). The Balaban J connectivity index is 0.000000322. The van der Waals surface area contributed by atoms with Gasteiger partial charge in [-0.2, -0.15) is 13.2 Å². The highest BCUT2D eigenvalue weighted by atomic mass is 32.1. The number of halogens is 3. The minimum atomic E-state index is -5.08. The van der Waals surface area contributed by atoms with E-state index in [2.05, 4.69) is 10.6 Å². The number of hydrogen-bond donors (Lipinski definition) is 3. The Bertz CT molecular complexity index is 694. The van der Waals surface area contributed by atoms with Crippen LogP contribution in [-0.2, 0) is 4.79 Å². The SMILES string of the molecule is CNC(=O)NC(=O)c1cc2ccccc2s1.O=C(O)C(F)(F)F. The van der Waals surface area contributed by atoms with Gasteiger partial charge in [0.05, 0.1) is 4.88 Å². The van der Waals surface area contributed by atoms with Crippen LogP contribution in [0.15, 0.2) is 30.3 Å². The molecule has 3 amide bonds. The first-order valence-electron chi connectivity index (χ1n) is 5.97. The third-order valence-electron chi connectivity index (χ3n) is 2.35. The van der Waals surface area contributed by atoms with Crippen LogP contribution in [0, 0.1) is 0 Å². The van der Waals surface area contributed by atoms with Crippen molar-refractivity contribution in [2.24, 2.45) is 0 Å². The number of amides is 3. The van der Waals surface area contributed by atoms with E-state index in [9.17, 15) is 22.8 Å². The lowest BCUT2D eigenvalue weighted by molar-refractivity contribution is -0.192. The van der Waals surface area contributed by atoms with Gasteiger partial charge >= 0.3 is 18.2 Å². The molecule has 2 aromatic rings. The Morgan fingerprint density at radius 3 is 2.22 bits per heavy atom. The Kier molecular flexibility index (Phi) is 6.08. The first-order valence-corrected chi connectivity index (χ1v) is 6.78. The first kappa shape index (κ1) is 18.4. The van der Waals surface area contributed by atoms with E-state index in [1.54, 1.807) is 6.07 Å². The number of carboxylic acids is 1. The smallest absolute Gasteiger partial charge is 0.475 e. The summed E-state index contributed by atoms with van der Waals surface area (Å²) in [7, 11) is 1.47. The van der Waals surface area contributed by atoms with Crippen LogP contribution in [0.1, 0.15) is 9.67 Å². The van der Waals surface area contributed by atoms with E-state index in [-0.39, 0.29) is 5.91 Å². The number of aliphatic carboxylic acids is 1. The third kappa shape index (κ3) is 5.58. The fourth-order valence-corrected chi connectivity index (χ4v) is 2.28. The zero-order valence-corrected chi connectivity index (χ0v) is 12.4. The number of rotatable bonds is 1. The van der Waals surface area contributed by atoms with Gasteiger partial charge in [-0.05, 0) is 17.5 Å². The average molecular weight is 348 g/mol. The Hall–Kier alpha value is -2.62.